The average Bonchev–Trinajstić information content (AvgIpc) is 2.95. The molecular formula is C19H26N6. The third-order valence-electron chi connectivity index (χ3n) is 4.18. The van der Waals surface area contributed by atoms with Gasteiger partial charge >= 0.3 is 0 Å². The standard InChI is InChI=1S/C19H26N6/c1-13(2)9-10-20-19-23-17(16-12-22-25(4)18(16)24-19)21-11-15-7-5-14(3)6-8-15/h5-8,12-13H,9-11H2,1-4H3,(H2,20,21,23,24). The molecule has 6 heteroatoms. The van der Waals surface area contributed by atoms with Crippen LogP contribution in [0.3, 0.4) is 0 Å². The SMILES string of the molecule is Cc1ccc(CNc2nc(NCCC(C)C)nc3c2cnn3C)cc1. The van der Waals surface area contributed by atoms with Crippen molar-refractivity contribution in [2.45, 2.75) is 33.7 Å². The number of nitrogens with zero attached hydrogens (tertiary/aromatic N) is 4. The van der Waals surface area contributed by atoms with Crippen molar-refractivity contribution in [2.24, 2.45) is 13.0 Å². The van der Waals surface area contributed by atoms with E-state index in [2.05, 4.69) is 70.7 Å². The van der Waals surface area contributed by atoms with E-state index in [9.17, 15) is 0 Å². The van der Waals surface area contributed by atoms with Crippen LogP contribution in [0, 0.1) is 12.8 Å². The van der Waals surface area contributed by atoms with Crippen LogP contribution in [-0.4, -0.2) is 26.3 Å². The molecule has 0 amide bonds. The van der Waals surface area contributed by atoms with E-state index in [1.54, 1.807) is 4.68 Å². The Morgan fingerprint density at radius 3 is 2.56 bits per heavy atom. The van der Waals surface area contributed by atoms with Crippen molar-refractivity contribution >= 4 is 22.8 Å². The van der Waals surface area contributed by atoms with E-state index in [0.717, 1.165) is 29.8 Å². The van der Waals surface area contributed by atoms with E-state index in [0.29, 0.717) is 18.4 Å². The number of aryl methyl sites for hydroxylation is 2. The monoisotopic (exact) mass is 338 g/mol. The number of benzene rings is 1. The second-order valence-corrected chi connectivity index (χ2v) is 6.85. The summed E-state index contributed by atoms with van der Waals surface area (Å²) < 4.78 is 1.78. The first-order chi connectivity index (χ1) is 12.0. The molecule has 0 radical (unpaired) electrons. The minimum atomic E-state index is 0.642. The van der Waals surface area contributed by atoms with Gasteiger partial charge in [0.15, 0.2) is 5.65 Å². The number of hydrogen-bond donors (Lipinski definition) is 2. The molecule has 0 saturated heterocycles. The molecular weight excluding hydrogens is 312 g/mol. The zero-order valence-electron chi connectivity index (χ0n) is 15.4. The van der Waals surface area contributed by atoms with Crippen molar-refractivity contribution in [1.82, 2.24) is 19.7 Å². The fourth-order valence-electron chi connectivity index (χ4n) is 2.60. The number of nitrogens with one attached hydrogen (secondary N) is 2. The van der Waals surface area contributed by atoms with Crippen LogP contribution in [0.5, 0.6) is 0 Å². The summed E-state index contributed by atoms with van der Waals surface area (Å²) in [5.74, 6) is 2.10. The maximum absolute atomic E-state index is 4.66. The van der Waals surface area contributed by atoms with Gasteiger partial charge in [-0.25, -0.2) is 0 Å². The van der Waals surface area contributed by atoms with E-state index in [1.165, 1.54) is 11.1 Å². The number of aromatic nitrogens is 4. The van der Waals surface area contributed by atoms with Crippen molar-refractivity contribution in [3.8, 4) is 0 Å². The second-order valence-electron chi connectivity index (χ2n) is 6.85. The van der Waals surface area contributed by atoms with Gasteiger partial charge < -0.3 is 10.6 Å². The molecule has 0 aliphatic rings. The van der Waals surface area contributed by atoms with Crippen molar-refractivity contribution in [2.75, 3.05) is 17.2 Å². The summed E-state index contributed by atoms with van der Waals surface area (Å²) in [5.41, 5.74) is 3.31. The lowest BCUT2D eigenvalue weighted by molar-refractivity contribution is 0.606. The molecule has 0 aliphatic heterocycles. The normalized spacial score (nSPS) is 11.2. The highest BCUT2D eigenvalue weighted by Gasteiger charge is 2.11. The molecule has 2 heterocycles. The highest BCUT2D eigenvalue weighted by molar-refractivity contribution is 5.87. The van der Waals surface area contributed by atoms with Gasteiger partial charge in [-0.1, -0.05) is 43.7 Å². The highest BCUT2D eigenvalue weighted by Crippen LogP contribution is 2.22. The maximum atomic E-state index is 4.66. The van der Waals surface area contributed by atoms with Crippen LogP contribution in [0.4, 0.5) is 11.8 Å². The van der Waals surface area contributed by atoms with Gasteiger partial charge in [-0.05, 0) is 24.8 Å². The van der Waals surface area contributed by atoms with E-state index in [-0.39, 0.29) is 0 Å². The van der Waals surface area contributed by atoms with E-state index in [1.807, 2.05) is 13.2 Å². The Morgan fingerprint density at radius 2 is 1.84 bits per heavy atom. The van der Waals surface area contributed by atoms with Crippen molar-refractivity contribution in [1.29, 1.82) is 0 Å². The number of rotatable bonds is 7. The van der Waals surface area contributed by atoms with Gasteiger partial charge in [0.05, 0.1) is 11.6 Å². The van der Waals surface area contributed by atoms with E-state index < -0.39 is 0 Å². The minimum absolute atomic E-state index is 0.642. The van der Waals surface area contributed by atoms with Crippen molar-refractivity contribution in [3.63, 3.8) is 0 Å². The first-order valence-corrected chi connectivity index (χ1v) is 8.76. The Labute approximate surface area is 148 Å². The fraction of sp³-hybridized carbons (Fsp3) is 0.421. The molecule has 0 unspecified atom stereocenters. The quantitative estimate of drug-likeness (QED) is 0.687. The highest BCUT2D eigenvalue weighted by atomic mass is 15.3. The van der Waals surface area contributed by atoms with Gasteiger partial charge in [0.2, 0.25) is 5.95 Å². The van der Waals surface area contributed by atoms with Crippen LogP contribution < -0.4 is 10.6 Å². The zero-order chi connectivity index (χ0) is 17.8. The molecule has 25 heavy (non-hydrogen) atoms. The van der Waals surface area contributed by atoms with Gasteiger partial charge in [-0.3, -0.25) is 4.68 Å². The molecule has 2 N–H and O–H groups in total. The summed E-state index contributed by atoms with van der Waals surface area (Å²) in [6.07, 6.45) is 2.89. The summed E-state index contributed by atoms with van der Waals surface area (Å²) in [6.45, 7) is 8.09. The number of fused-ring (bicyclic) bond motifs is 1. The Balaban J connectivity index is 1.80. The lowest BCUT2D eigenvalue weighted by atomic mass is 10.1. The topological polar surface area (TPSA) is 67.7 Å². The second kappa shape index (κ2) is 7.51. The molecule has 6 nitrogen and oxygen atoms in total. The Morgan fingerprint density at radius 1 is 1.08 bits per heavy atom. The van der Waals surface area contributed by atoms with Gasteiger partial charge in [0.1, 0.15) is 5.82 Å². The summed E-state index contributed by atoms with van der Waals surface area (Å²) in [5, 5.41) is 12.0. The maximum Gasteiger partial charge on any atom is 0.226 e. The van der Waals surface area contributed by atoms with Gasteiger partial charge in [-0.2, -0.15) is 15.1 Å². The molecule has 1 aromatic carbocycles. The summed E-state index contributed by atoms with van der Waals surface area (Å²) in [6, 6.07) is 8.50. The smallest absolute Gasteiger partial charge is 0.226 e. The predicted molar refractivity (Wildman–Crippen MR) is 103 cm³/mol. The largest absolute Gasteiger partial charge is 0.365 e. The lowest BCUT2D eigenvalue weighted by Gasteiger charge is -2.11. The van der Waals surface area contributed by atoms with Crippen molar-refractivity contribution < 1.29 is 0 Å². The zero-order valence-corrected chi connectivity index (χ0v) is 15.4. The predicted octanol–water partition coefficient (Wildman–Crippen LogP) is 3.74. The van der Waals surface area contributed by atoms with Gasteiger partial charge in [0, 0.05) is 20.1 Å². The van der Waals surface area contributed by atoms with Crippen LogP contribution in [0.1, 0.15) is 31.4 Å². The summed E-state index contributed by atoms with van der Waals surface area (Å²) >= 11 is 0. The van der Waals surface area contributed by atoms with Crippen LogP contribution in [0.2, 0.25) is 0 Å². The van der Waals surface area contributed by atoms with Crippen molar-refractivity contribution in [3.05, 3.63) is 41.6 Å². The lowest BCUT2D eigenvalue weighted by Crippen LogP contribution is -2.10. The van der Waals surface area contributed by atoms with Crippen LogP contribution in [0.15, 0.2) is 30.5 Å². The molecule has 0 fully saturated rings. The summed E-state index contributed by atoms with van der Waals surface area (Å²) in [4.78, 5) is 9.25. The number of anilines is 2. The molecule has 0 aliphatic carbocycles. The molecule has 2 aromatic heterocycles. The van der Waals surface area contributed by atoms with Gasteiger partial charge in [-0.15, -0.1) is 0 Å². The Kier molecular flexibility index (Phi) is 5.16. The summed E-state index contributed by atoms with van der Waals surface area (Å²) in [7, 11) is 1.90. The minimum Gasteiger partial charge on any atom is -0.365 e. The van der Waals surface area contributed by atoms with Crippen LogP contribution >= 0.6 is 0 Å². The Hall–Kier alpha value is -2.63. The van der Waals surface area contributed by atoms with E-state index >= 15 is 0 Å². The van der Waals surface area contributed by atoms with Crippen LogP contribution in [0.25, 0.3) is 11.0 Å². The molecule has 0 bridgehead atoms. The number of hydrogen-bond acceptors (Lipinski definition) is 5. The third kappa shape index (κ3) is 4.26. The van der Waals surface area contributed by atoms with E-state index in [4.69, 9.17) is 0 Å². The fourth-order valence-corrected chi connectivity index (χ4v) is 2.60. The molecule has 0 spiro atoms. The van der Waals surface area contributed by atoms with Gasteiger partial charge in [0.25, 0.3) is 0 Å². The molecule has 3 rings (SSSR count). The Bertz CT molecular complexity index is 835. The molecule has 0 atom stereocenters. The molecule has 132 valence electrons. The third-order valence-corrected chi connectivity index (χ3v) is 4.18. The average molecular weight is 338 g/mol. The molecule has 0 saturated carbocycles. The molecule has 3 aromatic rings. The van der Waals surface area contributed by atoms with Crippen LogP contribution in [-0.2, 0) is 13.6 Å². The first-order valence-electron chi connectivity index (χ1n) is 8.76. The first kappa shape index (κ1) is 17.2.